The van der Waals surface area contributed by atoms with Crippen LogP contribution in [0.3, 0.4) is 0 Å². The van der Waals surface area contributed by atoms with Gasteiger partial charge in [0.2, 0.25) is 0 Å². The molecule has 0 unspecified atom stereocenters. The lowest BCUT2D eigenvalue weighted by molar-refractivity contribution is 0.767. The molecule has 2 heteroatoms. The van der Waals surface area contributed by atoms with Crippen LogP contribution in [0, 0.1) is 0 Å². The van der Waals surface area contributed by atoms with Crippen LogP contribution in [-0.4, -0.2) is 10.2 Å². The molecule has 40 valence electrons. The lowest BCUT2D eigenvalue weighted by atomic mass is 10.3. The summed E-state index contributed by atoms with van der Waals surface area (Å²) in [7, 11) is 1.31. The monoisotopic (exact) mass is 124 g/mol. The van der Waals surface area contributed by atoms with E-state index >= 15 is 0 Å². The van der Waals surface area contributed by atoms with E-state index in [0.29, 0.717) is 5.04 Å². The minimum absolute atomic E-state index is 0. The maximum absolute atomic E-state index is 2.25. The van der Waals surface area contributed by atoms with Crippen LogP contribution in [0.25, 0.3) is 0 Å². The first-order valence-corrected chi connectivity index (χ1v) is 3.00. The lowest BCUT2D eigenvalue weighted by Crippen LogP contribution is -1.90. The summed E-state index contributed by atoms with van der Waals surface area (Å²) in [5, 5.41) is 0.639. The molecule has 0 saturated heterocycles. The van der Waals surface area contributed by atoms with Crippen molar-refractivity contribution in [3.63, 3.8) is 0 Å². The molecule has 0 fully saturated rings. The van der Waals surface area contributed by atoms with E-state index in [9.17, 15) is 0 Å². The summed E-state index contributed by atoms with van der Waals surface area (Å²) < 4.78 is 0. The normalized spacial score (nSPS) is 10.5. The molecule has 0 aromatic rings. The van der Waals surface area contributed by atoms with Crippen LogP contribution >= 0.6 is 12.4 Å². The van der Waals surface area contributed by atoms with Crippen molar-refractivity contribution in [2.24, 2.45) is 0 Å². The van der Waals surface area contributed by atoms with Crippen LogP contribution in [-0.2, 0) is 0 Å². The smallest absolute Gasteiger partial charge is 0.00959 e. The highest BCUT2D eigenvalue weighted by molar-refractivity contribution is 6.14. The average molecular weight is 125 g/mol. The van der Waals surface area contributed by atoms with Crippen molar-refractivity contribution >= 4 is 22.6 Å². The molecule has 0 N–H and O–H groups in total. The maximum atomic E-state index is 2.25. The minimum Gasteiger partial charge on any atom is -0.147 e. The van der Waals surface area contributed by atoms with Gasteiger partial charge in [-0.1, -0.05) is 25.8 Å². The van der Waals surface area contributed by atoms with E-state index in [0.717, 1.165) is 0 Å². The van der Waals surface area contributed by atoms with Gasteiger partial charge >= 0.3 is 0 Å². The Morgan fingerprint density at radius 3 is 1.17 bits per heavy atom. The third kappa shape index (κ3) is 216. The van der Waals surface area contributed by atoms with Crippen molar-refractivity contribution in [2.45, 2.75) is 25.8 Å². The Bertz CT molecular complexity index is 23.0. The molecule has 0 atom stereocenters. The van der Waals surface area contributed by atoms with Gasteiger partial charge < -0.3 is 0 Å². The maximum Gasteiger partial charge on any atom is 0.00959 e. The van der Waals surface area contributed by atoms with Crippen LogP contribution in [0.1, 0.15) is 20.8 Å². The van der Waals surface area contributed by atoms with Gasteiger partial charge in [-0.2, -0.15) is 0 Å². The minimum atomic E-state index is 0. The zero-order chi connectivity index (χ0) is 4.50. The van der Waals surface area contributed by atoms with E-state index in [1.165, 1.54) is 10.2 Å². The second kappa shape index (κ2) is 2.64. The summed E-state index contributed by atoms with van der Waals surface area (Å²) in [6.07, 6.45) is 0. The third-order valence-corrected chi connectivity index (χ3v) is 0. The summed E-state index contributed by atoms with van der Waals surface area (Å²) in [6.45, 7) is 6.75. The number of hydrogen-bond donors (Lipinski definition) is 0. The van der Waals surface area contributed by atoms with E-state index in [1.54, 1.807) is 0 Å². The molecule has 0 saturated carbocycles. The first kappa shape index (κ1) is 9.71. The number of hydrogen-bond acceptors (Lipinski definition) is 0. The van der Waals surface area contributed by atoms with Gasteiger partial charge in [0, 0.05) is 10.2 Å². The zero-order valence-corrected chi connectivity index (χ0v) is 7.72. The Balaban J connectivity index is 0. The molecule has 0 aromatic heterocycles. The van der Waals surface area contributed by atoms with E-state index < -0.39 is 0 Å². The van der Waals surface area contributed by atoms with Crippen molar-refractivity contribution in [1.82, 2.24) is 0 Å². The largest absolute Gasteiger partial charge is 0.147 e. The number of rotatable bonds is 0. The first-order valence-electron chi connectivity index (χ1n) is 2.00. The Hall–Kier alpha value is 0.507. The highest BCUT2D eigenvalue weighted by Crippen LogP contribution is 2.13. The molecule has 0 amide bonds. The topological polar surface area (TPSA) is 0 Å². The highest BCUT2D eigenvalue weighted by atomic mass is 35.5. The molecule has 6 heavy (non-hydrogen) atoms. The van der Waals surface area contributed by atoms with Gasteiger partial charge in [0.15, 0.2) is 0 Å². The SMILES string of the molecule is CC(C)(C)[SiH3].Cl. The van der Waals surface area contributed by atoms with Gasteiger partial charge in [0.1, 0.15) is 0 Å². The summed E-state index contributed by atoms with van der Waals surface area (Å²) in [6, 6.07) is 0. The fourth-order valence-corrected chi connectivity index (χ4v) is 0. The molecular formula is C4H13ClSi. The molecule has 0 aliphatic rings. The fraction of sp³-hybridized carbons (Fsp3) is 1.00. The van der Waals surface area contributed by atoms with E-state index in [2.05, 4.69) is 20.8 Å². The second-order valence-corrected chi connectivity index (χ2v) is 6.00. The van der Waals surface area contributed by atoms with Crippen LogP contribution in [0.4, 0.5) is 0 Å². The molecule has 0 aliphatic carbocycles. The molecular weight excluding hydrogens is 112 g/mol. The lowest BCUT2D eigenvalue weighted by Gasteiger charge is -2.05. The molecule has 0 aliphatic heterocycles. The van der Waals surface area contributed by atoms with Crippen LogP contribution < -0.4 is 0 Å². The van der Waals surface area contributed by atoms with Crippen molar-refractivity contribution in [1.29, 1.82) is 0 Å². The van der Waals surface area contributed by atoms with Crippen molar-refractivity contribution in [3.05, 3.63) is 0 Å². The van der Waals surface area contributed by atoms with E-state index in [4.69, 9.17) is 0 Å². The van der Waals surface area contributed by atoms with Crippen molar-refractivity contribution in [2.75, 3.05) is 0 Å². The number of halogens is 1. The average Bonchev–Trinajstić information content (AvgIpc) is 0.722. The molecule has 0 radical (unpaired) electrons. The second-order valence-electron chi connectivity index (χ2n) is 3.00. The van der Waals surface area contributed by atoms with Crippen LogP contribution in [0.15, 0.2) is 0 Å². The standard InChI is InChI=1S/C4H12Si.ClH/c1-4(2,3)5;/h1-3,5H3;1H. The Morgan fingerprint density at radius 1 is 1.17 bits per heavy atom. The quantitative estimate of drug-likeness (QED) is 0.423. The molecule has 0 spiro atoms. The molecule has 0 nitrogen and oxygen atoms in total. The van der Waals surface area contributed by atoms with Crippen molar-refractivity contribution < 1.29 is 0 Å². The zero-order valence-electron chi connectivity index (χ0n) is 4.91. The van der Waals surface area contributed by atoms with Crippen molar-refractivity contribution in [3.8, 4) is 0 Å². The van der Waals surface area contributed by atoms with Crippen LogP contribution in [0.5, 0.6) is 0 Å². The summed E-state index contributed by atoms with van der Waals surface area (Å²) >= 11 is 0. The summed E-state index contributed by atoms with van der Waals surface area (Å²) in [5.74, 6) is 0. The first-order chi connectivity index (χ1) is 2.00. The molecule has 0 heterocycles. The third-order valence-electron chi connectivity index (χ3n) is 0. The Kier molecular flexibility index (Phi) is 4.28. The summed E-state index contributed by atoms with van der Waals surface area (Å²) in [4.78, 5) is 0. The van der Waals surface area contributed by atoms with Gasteiger partial charge in [-0.25, -0.2) is 0 Å². The van der Waals surface area contributed by atoms with E-state index in [-0.39, 0.29) is 12.4 Å². The summed E-state index contributed by atoms with van der Waals surface area (Å²) in [5.41, 5.74) is 0. The molecule has 0 rings (SSSR count). The predicted octanol–water partition coefficient (Wildman–Crippen LogP) is 0.992. The molecule has 0 bridgehead atoms. The van der Waals surface area contributed by atoms with Gasteiger partial charge in [0.05, 0.1) is 0 Å². The van der Waals surface area contributed by atoms with Gasteiger partial charge in [-0.05, 0) is 0 Å². The van der Waals surface area contributed by atoms with E-state index in [1.807, 2.05) is 0 Å². The Labute approximate surface area is 49.2 Å². The Morgan fingerprint density at radius 2 is 1.17 bits per heavy atom. The molecule has 0 aromatic carbocycles. The predicted molar refractivity (Wildman–Crippen MR) is 36.9 cm³/mol. The van der Waals surface area contributed by atoms with Crippen LogP contribution in [0.2, 0.25) is 5.04 Å². The van der Waals surface area contributed by atoms with Gasteiger partial charge in [0.25, 0.3) is 0 Å². The van der Waals surface area contributed by atoms with Gasteiger partial charge in [-0.3, -0.25) is 0 Å². The highest BCUT2D eigenvalue weighted by Gasteiger charge is 1.95. The fourth-order valence-electron chi connectivity index (χ4n) is 0. The van der Waals surface area contributed by atoms with Gasteiger partial charge in [-0.15, -0.1) is 12.4 Å².